The number of hydrogen-bond acceptors (Lipinski definition) is 7. The molecule has 1 aromatic carbocycles. The number of ether oxygens (including phenoxy) is 1. The molecule has 0 aliphatic heterocycles. The minimum atomic E-state index is -3.57. The van der Waals surface area contributed by atoms with Crippen LogP contribution in [0, 0.1) is 0 Å². The van der Waals surface area contributed by atoms with E-state index in [0.717, 1.165) is 11.3 Å². The van der Waals surface area contributed by atoms with Crippen molar-refractivity contribution in [3.63, 3.8) is 0 Å². The van der Waals surface area contributed by atoms with Crippen LogP contribution in [0.1, 0.15) is 0 Å². The Morgan fingerprint density at radius 1 is 1.11 bits per heavy atom. The van der Waals surface area contributed by atoms with E-state index in [1.165, 1.54) is 6.33 Å². The monoisotopic (exact) mass is 399 g/mol. The van der Waals surface area contributed by atoms with Crippen molar-refractivity contribution in [2.24, 2.45) is 0 Å². The van der Waals surface area contributed by atoms with Crippen LogP contribution < -0.4 is 9.46 Å². The zero-order chi connectivity index (χ0) is 18.7. The van der Waals surface area contributed by atoms with Gasteiger partial charge < -0.3 is 4.74 Å². The third-order valence-electron chi connectivity index (χ3n) is 3.49. The molecular weight excluding hydrogens is 386 g/mol. The predicted molar refractivity (Wildman–Crippen MR) is 101 cm³/mol. The molecule has 0 amide bonds. The van der Waals surface area contributed by atoms with E-state index < -0.39 is 10.0 Å². The molecule has 0 unspecified atom stereocenters. The van der Waals surface area contributed by atoms with Gasteiger partial charge in [0, 0.05) is 24.1 Å². The van der Waals surface area contributed by atoms with Crippen molar-refractivity contribution in [1.82, 2.24) is 19.5 Å². The zero-order valence-electron chi connectivity index (χ0n) is 13.8. The molecule has 0 saturated carbocycles. The molecule has 10 heteroatoms. The van der Waals surface area contributed by atoms with Crippen LogP contribution in [-0.2, 0) is 10.0 Å². The maximum atomic E-state index is 12.2. The molecule has 0 aliphatic rings. The Balaban J connectivity index is 1.48. The van der Waals surface area contributed by atoms with Crippen molar-refractivity contribution >= 4 is 27.0 Å². The van der Waals surface area contributed by atoms with E-state index in [9.17, 15) is 8.42 Å². The molecule has 0 atom stereocenters. The van der Waals surface area contributed by atoms with Crippen LogP contribution in [0.4, 0.5) is 5.69 Å². The highest BCUT2D eigenvalue weighted by Gasteiger charge is 2.15. The summed E-state index contributed by atoms with van der Waals surface area (Å²) in [4.78, 5) is 12.2. The summed E-state index contributed by atoms with van der Waals surface area (Å²) in [6.07, 6.45) is 6.44. The molecule has 0 bridgehead atoms. The van der Waals surface area contributed by atoms with Crippen LogP contribution in [0.15, 0.2) is 77.1 Å². The van der Waals surface area contributed by atoms with Gasteiger partial charge in [0.2, 0.25) is 5.88 Å². The first-order valence-electron chi connectivity index (χ1n) is 7.75. The molecule has 4 rings (SSSR count). The Labute approximate surface area is 159 Å². The molecule has 0 fully saturated rings. The molecule has 0 radical (unpaired) electrons. The van der Waals surface area contributed by atoms with Crippen LogP contribution in [0.25, 0.3) is 5.82 Å². The normalized spacial score (nSPS) is 11.3. The molecule has 3 aromatic heterocycles. The molecule has 0 spiro atoms. The maximum Gasteiger partial charge on any atom is 0.271 e. The van der Waals surface area contributed by atoms with Crippen LogP contribution in [0.2, 0.25) is 0 Å². The lowest BCUT2D eigenvalue weighted by Gasteiger charge is -2.09. The number of thiophene rings is 1. The summed E-state index contributed by atoms with van der Waals surface area (Å²) >= 11 is 1.16. The number of aromatic nitrogens is 4. The average Bonchev–Trinajstić information content (AvgIpc) is 3.38. The Kier molecular flexibility index (Phi) is 4.57. The van der Waals surface area contributed by atoms with Gasteiger partial charge in [-0.1, -0.05) is 6.07 Å². The second-order valence-electron chi connectivity index (χ2n) is 5.35. The SMILES string of the molecule is O=S(=O)(Nc1ccc(Oc2cc(-n3ccnc3)ncn2)cc1)c1cccs1. The number of anilines is 1. The third-order valence-corrected chi connectivity index (χ3v) is 6.26. The number of rotatable bonds is 6. The van der Waals surface area contributed by atoms with Gasteiger partial charge in [0.05, 0.1) is 0 Å². The largest absolute Gasteiger partial charge is 0.439 e. The number of benzene rings is 1. The van der Waals surface area contributed by atoms with Gasteiger partial charge in [-0.2, -0.15) is 0 Å². The summed E-state index contributed by atoms with van der Waals surface area (Å²) in [6, 6.07) is 11.5. The van der Waals surface area contributed by atoms with Crippen molar-refractivity contribution < 1.29 is 13.2 Å². The number of nitrogens with zero attached hydrogens (tertiary/aromatic N) is 4. The van der Waals surface area contributed by atoms with Crippen molar-refractivity contribution in [1.29, 1.82) is 0 Å². The summed E-state index contributed by atoms with van der Waals surface area (Å²) in [5, 5.41) is 1.71. The highest BCUT2D eigenvalue weighted by Crippen LogP contribution is 2.24. The minimum absolute atomic E-state index is 0.260. The Hall–Kier alpha value is -3.24. The number of imidazole rings is 1. The fourth-order valence-corrected chi connectivity index (χ4v) is 4.31. The van der Waals surface area contributed by atoms with Gasteiger partial charge in [-0.15, -0.1) is 11.3 Å². The minimum Gasteiger partial charge on any atom is -0.439 e. The summed E-state index contributed by atoms with van der Waals surface area (Å²) in [5.41, 5.74) is 0.442. The third kappa shape index (κ3) is 3.96. The van der Waals surface area contributed by atoms with Gasteiger partial charge in [-0.05, 0) is 35.7 Å². The molecule has 0 aliphatic carbocycles. The second-order valence-corrected chi connectivity index (χ2v) is 8.21. The predicted octanol–water partition coefficient (Wildman–Crippen LogP) is 3.32. The number of sulfonamides is 1. The van der Waals surface area contributed by atoms with E-state index >= 15 is 0 Å². The van der Waals surface area contributed by atoms with Crippen LogP contribution in [0.3, 0.4) is 0 Å². The first kappa shape index (κ1) is 17.2. The highest BCUT2D eigenvalue weighted by molar-refractivity contribution is 7.94. The van der Waals surface area contributed by atoms with Gasteiger partial charge in [0.15, 0.2) is 0 Å². The number of hydrogen-bond donors (Lipinski definition) is 1. The molecule has 3 heterocycles. The fourth-order valence-electron chi connectivity index (χ4n) is 2.26. The van der Waals surface area contributed by atoms with Gasteiger partial charge >= 0.3 is 0 Å². The van der Waals surface area contributed by atoms with Crippen molar-refractivity contribution in [3.8, 4) is 17.4 Å². The van der Waals surface area contributed by atoms with Gasteiger partial charge in [-0.3, -0.25) is 9.29 Å². The highest BCUT2D eigenvalue weighted by atomic mass is 32.2. The van der Waals surface area contributed by atoms with E-state index in [0.29, 0.717) is 23.1 Å². The smallest absolute Gasteiger partial charge is 0.271 e. The quantitative estimate of drug-likeness (QED) is 0.534. The van der Waals surface area contributed by atoms with Crippen molar-refractivity contribution in [2.75, 3.05) is 4.72 Å². The zero-order valence-corrected chi connectivity index (χ0v) is 15.4. The van der Waals surface area contributed by atoms with E-state index in [-0.39, 0.29) is 4.21 Å². The maximum absolute atomic E-state index is 12.2. The fraction of sp³-hybridized carbons (Fsp3) is 0. The first-order chi connectivity index (χ1) is 13.1. The lowest BCUT2D eigenvalue weighted by molar-refractivity contribution is 0.461. The van der Waals surface area contributed by atoms with Crippen LogP contribution >= 0.6 is 11.3 Å². The van der Waals surface area contributed by atoms with E-state index in [1.807, 2.05) is 0 Å². The van der Waals surface area contributed by atoms with Crippen LogP contribution in [-0.4, -0.2) is 27.9 Å². The summed E-state index contributed by atoms with van der Waals surface area (Å²) in [6.45, 7) is 0. The first-order valence-corrected chi connectivity index (χ1v) is 10.1. The molecule has 136 valence electrons. The summed E-state index contributed by atoms with van der Waals surface area (Å²) in [7, 11) is -3.57. The second kappa shape index (κ2) is 7.17. The molecule has 4 aromatic rings. The Morgan fingerprint density at radius 2 is 1.96 bits per heavy atom. The lowest BCUT2D eigenvalue weighted by atomic mass is 10.3. The summed E-state index contributed by atoms with van der Waals surface area (Å²) in [5.74, 6) is 1.50. The Morgan fingerprint density at radius 3 is 2.67 bits per heavy atom. The summed E-state index contributed by atoms with van der Waals surface area (Å²) < 4.78 is 34.7. The van der Waals surface area contributed by atoms with Gasteiger partial charge in [0.25, 0.3) is 10.0 Å². The molecular formula is C17H13N5O3S2. The van der Waals surface area contributed by atoms with Gasteiger partial charge in [0.1, 0.15) is 28.4 Å². The van der Waals surface area contributed by atoms with Crippen molar-refractivity contribution in [3.05, 3.63) is 72.9 Å². The lowest BCUT2D eigenvalue weighted by Crippen LogP contribution is -2.11. The van der Waals surface area contributed by atoms with E-state index in [4.69, 9.17) is 4.74 Å². The number of nitrogens with one attached hydrogen (secondary N) is 1. The molecule has 27 heavy (non-hydrogen) atoms. The van der Waals surface area contributed by atoms with E-state index in [2.05, 4.69) is 19.7 Å². The van der Waals surface area contributed by atoms with Gasteiger partial charge in [-0.25, -0.2) is 23.4 Å². The van der Waals surface area contributed by atoms with Crippen molar-refractivity contribution in [2.45, 2.75) is 4.21 Å². The average molecular weight is 399 g/mol. The standard InChI is InChI=1S/C17H13N5O3S2/c23-27(24,17-2-1-9-26-17)21-13-3-5-14(6-4-13)25-16-10-15(19-11-20-16)22-8-7-18-12-22/h1-12,21H. The Bertz CT molecular complexity index is 1130. The van der Waals surface area contributed by atoms with E-state index in [1.54, 1.807) is 71.1 Å². The van der Waals surface area contributed by atoms with Crippen LogP contribution in [0.5, 0.6) is 11.6 Å². The molecule has 8 nitrogen and oxygen atoms in total. The molecule has 1 N–H and O–H groups in total. The molecule has 0 saturated heterocycles. The topological polar surface area (TPSA) is 99.0 Å².